The van der Waals surface area contributed by atoms with E-state index in [1.165, 1.54) is 0 Å². The predicted molar refractivity (Wildman–Crippen MR) is 77.3 cm³/mol. The van der Waals surface area contributed by atoms with Crippen molar-refractivity contribution in [3.63, 3.8) is 0 Å². The van der Waals surface area contributed by atoms with Crippen LogP contribution in [-0.2, 0) is 18.4 Å². The van der Waals surface area contributed by atoms with E-state index in [1.807, 2.05) is 41.9 Å². The molecule has 2 aromatic rings. The first-order valence-electron chi connectivity index (χ1n) is 7.16. The molecule has 0 spiro atoms. The highest BCUT2D eigenvalue weighted by Crippen LogP contribution is 2.30. The number of amides is 1. The van der Waals surface area contributed by atoms with Gasteiger partial charge in [-0.2, -0.15) is 5.10 Å². The van der Waals surface area contributed by atoms with Crippen LogP contribution in [0.25, 0.3) is 0 Å². The first-order chi connectivity index (χ1) is 10.2. The number of carbonyl (C=O) groups excluding carboxylic acids is 1. The molecule has 1 aliphatic rings. The highest BCUT2D eigenvalue weighted by molar-refractivity contribution is 5.77. The maximum Gasteiger partial charge on any atom is 0.222 e. The molecule has 3 rings (SSSR count). The van der Waals surface area contributed by atoms with Crippen LogP contribution in [0.15, 0.2) is 35.1 Å². The molecular weight excluding hydrogens is 268 g/mol. The van der Waals surface area contributed by atoms with Gasteiger partial charge in [0.05, 0.1) is 24.5 Å². The van der Waals surface area contributed by atoms with E-state index >= 15 is 0 Å². The number of hydrogen-bond acceptors (Lipinski definition) is 4. The van der Waals surface area contributed by atoms with Gasteiger partial charge in [0.1, 0.15) is 5.76 Å². The Morgan fingerprint density at radius 1 is 1.43 bits per heavy atom. The van der Waals surface area contributed by atoms with Crippen LogP contribution in [0.3, 0.4) is 0 Å². The van der Waals surface area contributed by atoms with E-state index in [9.17, 15) is 4.79 Å². The third-order valence-corrected chi connectivity index (χ3v) is 4.14. The van der Waals surface area contributed by atoms with Crippen LogP contribution in [0.1, 0.15) is 30.3 Å². The van der Waals surface area contributed by atoms with E-state index in [2.05, 4.69) is 10.4 Å². The van der Waals surface area contributed by atoms with Crippen LogP contribution in [0.5, 0.6) is 0 Å². The van der Waals surface area contributed by atoms with Gasteiger partial charge < -0.3 is 14.6 Å². The minimum atomic E-state index is -0.00582. The molecule has 1 amide bonds. The van der Waals surface area contributed by atoms with E-state index in [4.69, 9.17) is 4.42 Å². The number of aromatic nitrogens is 2. The molecule has 1 saturated heterocycles. The van der Waals surface area contributed by atoms with Gasteiger partial charge in [-0.25, -0.2) is 0 Å². The zero-order valence-electron chi connectivity index (χ0n) is 12.3. The highest BCUT2D eigenvalue weighted by atomic mass is 16.3. The molecule has 3 heterocycles. The monoisotopic (exact) mass is 288 g/mol. The summed E-state index contributed by atoms with van der Waals surface area (Å²) in [4.78, 5) is 13.9. The van der Waals surface area contributed by atoms with Crippen molar-refractivity contribution in [1.29, 1.82) is 0 Å². The van der Waals surface area contributed by atoms with Crippen molar-refractivity contribution in [1.82, 2.24) is 20.0 Å². The smallest absolute Gasteiger partial charge is 0.222 e. The van der Waals surface area contributed by atoms with Gasteiger partial charge in [-0.3, -0.25) is 9.48 Å². The first kappa shape index (κ1) is 13.9. The van der Waals surface area contributed by atoms with E-state index in [-0.39, 0.29) is 18.0 Å². The van der Waals surface area contributed by atoms with Crippen LogP contribution in [-0.4, -0.2) is 33.7 Å². The SMILES string of the molecule is CN1C(=O)CC[C@@H](NCc2ccco2)[C@@H]1c1ccnn1C. The lowest BCUT2D eigenvalue weighted by Crippen LogP contribution is -2.49. The fraction of sp³-hybridized carbons (Fsp3) is 0.467. The number of rotatable bonds is 4. The second-order valence-electron chi connectivity index (χ2n) is 5.43. The van der Waals surface area contributed by atoms with Crippen molar-refractivity contribution in [3.05, 3.63) is 42.1 Å². The van der Waals surface area contributed by atoms with Crippen molar-refractivity contribution in [3.8, 4) is 0 Å². The summed E-state index contributed by atoms with van der Waals surface area (Å²) >= 11 is 0. The zero-order chi connectivity index (χ0) is 14.8. The minimum absolute atomic E-state index is 0.00582. The topological polar surface area (TPSA) is 63.3 Å². The number of likely N-dealkylation sites (N-methyl/N-ethyl adjacent to an activating group) is 1. The molecule has 2 atom stereocenters. The fourth-order valence-electron chi connectivity index (χ4n) is 2.98. The van der Waals surface area contributed by atoms with Crippen LogP contribution in [0.4, 0.5) is 0 Å². The summed E-state index contributed by atoms with van der Waals surface area (Å²) in [5.41, 5.74) is 1.04. The molecule has 112 valence electrons. The van der Waals surface area contributed by atoms with Gasteiger partial charge in [0.15, 0.2) is 0 Å². The van der Waals surface area contributed by atoms with Gasteiger partial charge in [-0.05, 0) is 24.6 Å². The Morgan fingerprint density at radius 2 is 2.29 bits per heavy atom. The summed E-state index contributed by atoms with van der Waals surface area (Å²) in [5.74, 6) is 1.08. The molecule has 0 aromatic carbocycles. The Kier molecular flexibility index (Phi) is 3.79. The van der Waals surface area contributed by atoms with Crippen molar-refractivity contribution in [2.75, 3.05) is 7.05 Å². The molecule has 0 aliphatic carbocycles. The first-order valence-corrected chi connectivity index (χ1v) is 7.16. The predicted octanol–water partition coefficient (Wildman–Crippen LogP) is 1.46. The lowest BCUT2D eigenvalue weighted by Gasteiger charge is -2.39. The molecule has 21 heavy (non-hydrogen) atoms. The summed E-state index contributed by atoms with van der Waals surface area (Å²) in [7, 11) is 3.77. The Balaban J connectivity index is 1.79. The molecule has 1 fully saturated rings. The van der Waals surface area contributed by atoms with Gasteiger partial charge >= 0.3 is 0 Å². The number of nitrogens with zero attached hydrogens (tertiary/aromatic N) is 3. The van der Waals surface area contributed by atoms with Crippen molar-refractivity contribution >= 4 is 5.91 Å². The lowest BCUT2D eigenvalue weighted by atomic mass is 9.93. The molecule has 0 saturated carbocycles. The third-order valence-electron chi connectivity index (χ3n) is 4.14. The second-order valence-corrected chi connectivity index (χ2v) is 5.43. The standard InChI is InChI=1S/C15H20N4O2/c1-18-14(20)6-5-12(16-10-11-4-3-9-21-11)15(18)13-7-8-17-19(13)2/h3-4,7-9,12,15-16H,5-6,10H2,1-2H3/t12-,15-/m1/s1. The average molecular weight is 288 g/mol. The number of likely N-dealkylation sites (tertiary alicyclic amines) is 1. The van der Waals surface area contributed by atoms with Crippen LogP contribution in [0.2, 0.25) is 0 Å². The normalized spacial score (nSPS) is 22.8. The van der Waals surface area contributed by atoms with Gasteiger partial charge in [0.25, 0.3) is 0 Å². The molecule has 2 aromatic heterocycles. The molecule has 0 radical (unpaired) electrons. The Morgan fingerprint density at radius 3 is 2.95 bits per heavy atom. The van der Waals surface area contributed by atoms with E-state index in [1.54, 1.807) is 12.5 Å². The average Bonchev–Trinajstić information content (AvgIpc) is 3.12. The second kappa shape index (κ2) is 5.73. The van der Waals surface area contributed by atoms with E-state index < -0.39 is 0 Å². The zero-order valence-corrected chi connectivity index (χ0v) is 12.3. The number of hydrogen-bond donors (Lipinski definition) is 1. The van der Waals surface area contributed by atoms with Crippen molar-refractivity contribution in [2.24, 2.45) is 7.05 Å². The number of piperidine rings is 1. The third kappa shape index (κ3) is 2.71. The quantitative estimate of drug-likeness (QED) is 0.925. The van der Waals surface area contributed by atoms with Crippen LogP contribution < -0.4 is 5.32 Å². The van der Waals surface area contributed by atoms with Crippen LogP contribution in [0, 0.1) is 0 Å². The molecule has 0 bridgehead atoms. The number of carbonyl (C=O) groups is 1. The summed E-state index contributed by atoms with van der Waals surface area (Å²) in [6.45, 7) is 0.661. The van der Waals surface area contributed by atoms with Gasteiger partial charge in [-0.15, -0.1) is 0 Å². The van der Waals surface area contributed by atoms with Crippen LogP contribution >= 0.6 is 0 Å². The molecule has 6 nitrogen and oxygen atoms in total. The summed E-state index contributed by atoms with van der Waals surface area (Å²) < 4.78 is 7.20. The lowest BCUT2D eigenvalue weighted by molar-refractivity contribution is -0.136. The number of aryl methyl sites for hydroxylation is 1. The highest BCUT2D eigenvalue weighted by Gasteiger charge is 2.35. The summed E-state index contributed by atoms with van der Waals surface area (Å²) in [6, 6.07) is 5.99. The van der Waals surface area contributed by atoms with Gasteiger partial charge in [0.2, 0.25) is 5.91 Å². The van der Waals surface area contributed by atoms with Crippen molar-refractivity contribution in [2.45, 2.75) is 31.5 Å². The van der Waals surface area contributed by atoms with Gasteiger partial charge in [-0.1, -0.05) is 0 Å². The molecule has 1 aliphatic heterocycles. The molecule has 6 heteroatoms. The minimum Gasteiger partial charge on any atom is -0.468 e. The fourth-order valence-corrected chi connectivity index (χ4v) is 2.98. The molecular formula is C15H20N4O2. The molecule has 1 N–H and O–H groups in total. The summed E-state index contributed by atoms with van der Waals surface area (Å²) in [6.07, 6.45) is 4.83. The van der Waals surface area contributed by atoms with E-state index in [0.29, 0.717) is 13.0 Å². The van der Waals surface area contributed by atoms with Crippen molar-refractivity contribution < 1.29 is 9.21 Å². The maximum atomic E-state index is 12.0. The van der Waals surface area contributed by atoms with E-state index in [0.717, 1.165) is 17.9 Å². The number of furan rings is 1. The molecule has 0 unspecified atom stereocenters. The summed E-state index contributed by atoms with van der Waals surface area (Å²) in [5, 5.41) is 7.74. The Bertz CT molecular complexity index is 605. The maximum absolute atomic E-state index is 12.0. The Hall–Kier alpha value is -2.08. The largest absolute Gasteiger partial charge is 0.468 e. The van der Waals surface area contributed by atoms with Gasteiger partial charge in [0, 0.05) is 32.8 Å². The number of nitrogens with one attached hydrogen (secondary N) is 1. The Labute approximate surface area is 123 Å².